The molecule has 2 aromatic rings. The van der Waals surface area contributed by atoms with Crippen molar-refractivity contribution in [3.63, 3.8) is 0 Å². The fraction of sp³-hybridized carbons (Fsp3) is 0.111. The highest BCUT2D eigenvalue weighted by Gasteiger charge is 2.11. The number of methoxy groups -OCH3 is 1. The van der Waals surface area contributed by atoms with Crippen LogP contribution in [0.1, 0.15) is 10.5 Å². The largest absolute Gasteiger partial charge is 0.494 e. The summed E-state index contributed by atoms with van der Waals surface area (Å²) in [6.45, 7) is 0. The summed E-state index contributed by atoms with van der Waals surface area (Å²) in [4.78, 5) is 17.6. The summed E-state index contributed by atoms with van der Waals surface area (Å²) in [5.41, 5.74) is 1.27. The average molecular weight is 192 g/mol. The fourth-order valence-corrected chi connectivity index (χ4v) is 1.28. The first kappa shape index (κ1) is 8.55. The van der Waals surface area contributed by atoms with Gasteiger partial charge in [0.2, 0.25) is 0 Å². The number of pyridine rings is 1. The van der Waals surface area contributed by atoms with E-state index in [-0.39, 0.29) is 5.69 Å². The van der Waals surface area contributed by atoms with E-state index in [1.54, 1.807) is 12.3 Å². The van der Waals surface area contributed by atoms with Gasteiger partial charge in [0.05, 0.1) is 12.6 Å². The van der Waals surface area contributed by atoms with Crippen LogP contribution in [0.2, 0.25) is 0 Å². The van der Waals surface area contributed by atoms with Crippen LogP contribution in [0, 0.1) is 0 Å². The molecule has 2 heterocycles. The van der Waals surface area contributed by atoms with Crippen molar-refractivity contribution in [1.29, 1.82) is 0 Å². The van der Waals surface area contributed by atoms with Gasteiger partial charge in [0, 0.05) is 12.3 Å². The van der Waals surface area contributed by atoms with Gasteiger partial charge >= 0.3 is 5.97 Å². The number of hydrogen-bond acceptors (Lipinski definition) is 3. The number of H-pyrrole nitrogens is 1. The zero-order valence-electron chi connectivity index (χ0n) is 7.44. The van der Waals surface area contributed by atoms with Gasteiger partial charge in [0.15, 0.2) is 5.69 Å². The van der Waals surface area contributed by atoms with Crippen molar-refractivity contribution in [2.45, 2.75) is 0 Å². The van der Waals surface area contributed by atoms with Crippen molar-refractivity contribution in [3.8, 4) is 5.75 Å². The van der Waals surface area contributed by atoms with E-state index in [2.05, 4.69) is 9.97 Å². The highest BCUT2D eigenvalue weighted by molar-refractivity contribution is 5.91. The predicted octanol–water partition coefficient (Wildman–Crippen LogP) is 1.27. The summed E-state index contributed by atoms with van der Waals surface area (Å²) in [6.07, 6.45) is 1.69. The molecule has 2 aromatic heterocycles. The number of aromatic amines is 1. The number of hydrogen-bond donors (Lipinski definition) is 2. The Morgan fingerprint density at radius 1 is 1.64 bits per heavy atom. The third kappa shape index (κ3) is 1.19. The van der Waals surface area contributed by atoms with Crippen LogP contribution in [0.5, 0.6) is 5.75 Å². The SMILES string of the molecule is COc1cc(C(=O)O)nc2cc[nH]c12. The Balaban J connectivity index is 2.73. The molecule has 0 aliphatic rings. The lowest BCUT2D eigenvalue weighted by Gasteiger charge is -2.02. The third-order valence-corrected chi connectivity index (χ3v) is 1.92. The first-order valence-electron chi connectivity index (χ1n) is 3.98. The molecule has 0 fully saturated rings. The highest BCUT2D eigenvalue weighted by atomic mass is 16.5. The van der Waals surface area contributed by atoms with E-state index >= 15 is 0 Å². The molecule has 14 heavy (non-hydrogen) atoms. The van der Waals surface area contributed by atoms with Gasteiger partial charge in [-0.3, -0.25) is 0 Å². The number of carbonyl (C=O) groups is 1. The molecule has 0 spiro atoms. The second-order valence-corrected chi connectivity index (χ2v) is 2.75. The molecule has 5 heteroatoms. The van der Waals surface area contributed by atoms with Crippen LogP contribution in [-0.4, -0.2) is 28.2 Å². The molecule has 0 amide bonds. The monoisotopic (exact) mass is 192 g/mol. The molecule has 0 aromatic carbocycles. The van der Waals surface area contributed by atoms with Crippen LogP contribution >= 0.6 is 0 Å². The first-order valence-corrected chi connectivity index (χ1v) is 3.98. The molecule has 0 saturated carbocycles. The Kier molecular flexibility index (Phi) is 1.85. The van der Waals surface area contributed by atoms with Crippen molar-refractivity contribution < 1.29 is 14.6 Å². The maximum absolute atomic E-state index is 10.7. The molecular weight excluding hydrogens is 184 g/mol. The van der Waals surface area contributed by atoms with Gasteiger partial charge in [-0.2, -0.15) is 0 Å². The number of nitrogens with zero attached hydrogens (tertiary/aromatic N) is 1. The van der Waals surface area contributed by atoms with E-state index in [1.807, 2.05) is 0 Å². The van der Waals surface area contributed by atoms with Gasteiger partial charge in [-0.05, 0) is 6.07 Å². The maximum atomic E-state index is 10.7. The minimum absolute atomic E-state index is 0.0195. The zero-order valence-corrected chi connectivity index (χ0v) is 7.44. The lowest BCUT2D eigenvalue weighted by molar-refractivity contribution is 0.0690. The summed E-state index contributed by atoms with van der Waals surface area (Å²) in [5, 5.41) is 8.77. The number of fused-ring (bicyclic) bond motifs is 1. The number of carboxylic acid groups (broad SMARTS) is 1. The molecule has 0 aliphatic heterocycles. The van der Waals surface area contributed by atoms with E-state index in [0.717, 1.165) is 0 Å². The lowest BCUT2D eigenvalue weighted by Crippen LogP contribution is -2.01. The van der Waals surface area contributed by atoms with Crippen LogP contribution in [0.15, 0.2) is 18.3 Å². The van der Waals surface area contributed by atoms with Gasteiger partial charge < -0.3 is 14.8 Å². The Bertz CT molecular complexity index is 490. The fourth-order valence-electron chi connectivity index (χ4n) is 1.28. The molecule has 72 valence electrons. The predicted molar refractivity (Wildman–Crippen MR) is 49.6 cm³/mol. The topological polar surface area (TPSA) is 75.2 Å². The molecule has 2 rings (SSSR count). The number of carboxylic acids is 1. The minimum atomic E-state index is -1.06. The average Bonchev–Trinajstić information content (AvgIpc) is 2.63. The van der Waals surface area contributed by atoms with Crippen LogP contribution in [-0.2, 0) is 0 Å². The van der Waals surface area contributed by atoms with Crippen molar-refractivity contribution >= 4 is 17.0 Å². The van der Waals surface area contributed by atoms with Crippen LogP contribution in [0.4, 0.5) is 0 Å². The van der Waals surface area contributed by atoms with Crippen molar-refractivity contribution in [2.75, 3.05) is 7.11 Å². The maximum Gasteiger partial charge on any atom is 0.354 e. The van der Waals surface area contributed by atoms with E-state index in [4.69, 9.17) is 9.84 Å². The Hall–Kier alpha value is -2.04. The summed E-state index contributed by atoms with van der Waals surface area (Å²) in [7, 11) is 1.49. The second kappa shape index (κ2) is 3.02. The molecular formula is C9H8N2O3. The van der Waals surface area contributed by atoms with Crippen LogP contribution in [0.3, 0.4) is 0 Å². The van der Waals surface area contributed by atoms with Gasteiger partial charge in [-0.15, -0.1) is 0 Å². The highest BCUT2D eigenvalue weighted by Crippen LogP contribution is 2.23. The van der Waals surface area contributed by atoms with Crippen molar-refractivity contribution in [3.05, 3.63) is 24.0 Å². The molecule has 0 saturated heterocycles. The smallest absolute Gasteiger partial charge is 0.354 e. The van der Waals surface area contributed by atoms with E-state index in [1.165, 1.54) is 13.2 Å². The first-order chi connectivity index (χ1) is 6.72. The summed E-state index contributed by atoms with van der Waals surface area (Å²) < 4.78 is 5.04. The van der Waals surface area contributed by atoms with Gasteiger partial charge in [-0.1, -0.05) is 0 Å². The minimum Gasteiger partial charge on any atom is -0.494 e. The van der Waals surface area contributed by atoms with Crippen LogP contribution < -0.4 is 4.74 Å². The molecule has 0 aliphatic carbocycles. The molecule has 2 N–H and O–H groups in total. The Morgan fingerprint density at radius 2 is 2.43 bits per heavy atom. The molecule has 0 unspecified atom stereocenters. The van der Waals surface area contributed by atoms with Gasteiger partial charge in [-0.25, -0.2) is 9.78 Å². The summed E-state index contributed by atoms with van der Waals surface area (Å²) in [5.74, 6) is -0.580. The molecule has 0 bridgehead atoms. The lowest BCUT2D eigenvalue weighted by atomic mass is 10.3. The number of nitrogens with one attached hydrogen (secondary N) is 1. The quantitative estimate of drug-likeness (QED) is 0.751. The normalized spacial score (nSPS) is 10.4. The van der Waals surface area contributed by atoms with E-state index in [9.17, 15) is 4.79 Å². The number of ether oxygens (including phenoxy) is 1. The molecule has 5 nitrogen and oxygen atoms in total. The number of aromatic carboxylic acids is 1. The third-order valence-electron chi connectivity index (χ3n) is 1.92. The zero-order chi connectivity index (χ0) is 10.1. The number of rotatable bonds is 2. The summed E-state index contributed by atoms with van der Waals surface area (Å²) in [6, 6.07) is 3.09. The van der Waals surface area contributed by atoms with Crippen molar-refractivity contribution in [1.82, 2.24) is 9.97 Å². The number of aromatic nitrogens is 2. The van der Waals surface area contributed by atoms with E-state index in [0.29, 0.717) is 16.8 Å². The second-order valence-electron chi connectivity index (χ2n) is 2.75. The Labute approximate surface area is 79.3 Å². The molecule has 0 atom stereocenters. The van der Waals surface area contributed by atoms with Crippen LogP contribution in [0.25, 0.3) is 11.0 Å². The van der Waals surface area contributed by atoms with E-state index < -0.39 is 5.97 Å². The van der Waals surface area contributed by atoms with Gasteiger partial charge in [0.25, 0.3) is 0 Å². The molecule has 0 radical (unpaired) electrons. The van der Waals surface area contributed by atoms with Gasteiger partial charge in [0.1, 0.15) is 11.3 Å². The standard InChI is InChI=1S/C9H8N2O3/c1-14-7-4-6(9(12)13)11-5-2-3-10-8(5)7/h2-4,10H,1H3,(H,12,13). The Morgan fingerprint density at radius 3 is 3.07 bits per heavy atom. The summed E-state index contributed by atoms with van der Waals surface area (Å²) >= 11 is 0. The van der Waals surface area contributed by atoms with Crippen molar-refractivity contribution in [2.24, 2.45) is 0 Å².